The van der Waals surface area contributed by atoms with E-state index in [1.165, 1.54) is 12.0 Å². The van der Waals surface area contributed by atoms with Gasteiger partial charge in [-0.15, -0.1) is 0 Å². The largest absolute Gasteiger partial charge is 0.497 e. The van der Waals surface area contributed by atoms with E-state index in [1.807, 2.05) is 0 Å². The molecular formula is C26H27NO6. The van der Waals surface area contributed by atoms with Crippen LogP contribution in [0.2, 0.25) is 0 Å². The average molecular weight is 450 g/mol. The highest BCUT2D eigenvalue weighted by Gasteiger charge is 2.38. The number of hydrogen-bond acceptors (Lipinski definition) is 6. The second kappa shape index (κ2) is 10.5. The maximum Gasteiger partial charge on any atom is 0.340 e. The Bertz CT molecular complexity index is 1110. The summed E-state index contributed by atoms with van der Waals surface area (Å²) in [6.07, 6.45) is 3.29. The standard InChI is InChI=1S/C26H27NO6/c1-6-14-33-22-13-8-18(16-23(22)31-5)15-21-24(26(29)32-7-2)17(3)27(25(21)28)19-9-11-20(30-4)12-10-19/h6,8-13,15-16H,1,7,14H2,2-5H3/b21-15+. The molecule has 1 aliphatic rings. The topological polar surface area (TPSA) is 74.3 Å². The minimum Gasteiger partial charge on any atom is -0.497 e. The molecule has 172 valence electrons. The first-order valence-electron chi connectivity index (χ1n) is 10.4. The van der Waals surface area contributed by atoms with E-state index in [4.69, 9.17) is 18.9 Å². The third kappa shape index (κ3) is 4.92. The molecule has 0 atom stereocenters. The summed E-state index contributed by atoms with van der Waals surface area (Å²) in [4.78, 5) is 27.8. The number of anilines is 1. The maximum absolute atomic E-state index is 13.5. The van der Waals surface area contributed by atoms with E-state index in [0.717, 1.165) is 0 Å². The van der Waals surface area contributed by atoms with Crippen LogP contribution >= 0.6 is 0 Å². The fourth-order valence-electron chi connectivity index (χ4n) is 3.53. The van der Waals surface area contributed by atoms with Crippen molar-refractivity contribution in [1.82, 2.24) is 0 Å². The Labute approximate surface area is 193 Å². The van der Waals surface area contributed by atoms with E-state index in [0.29, 0.717) is 40.8 Å². The van der Waals surface area contributed by atoms with Crippen molar-refractivity contribution in [3.05, 3.63) is 77.5 Å². The normalized spacial score (nSPS) is 14.5. The smallest absolute Gasteiger partial charge is 0.340 e. The number of carbonyl (C=O) groups excluding carboxylic acids is 2. The zero-order valence-corrected chi connectivity index (χ0v) is 19.2. The van der Waals surface area contributed by atoms with Crippen LogP contribution in [-0.2, 0) is 14.3 Å². The Morgan fingerprint density at radius 3 is 2.39 bits per heavy atom. The Hall–Kier alpha value is -4.00. The van der Waals surface area contributed by atoms with E-state index in [9.17, 15) is 9.59 Å². The molecular weight excluding hydrogens is 422 g/mol. The van der Waals surface area contributed by atoms with E-state index in [1.54, 1.807) is 75.6 Å². The van der Waals surface area contributed by atoms with Gasteiger partial charge in [0.15, 0.2) is 11.5 Å². The van der Waals surface area contributed by atoms with E-state index >= 15 is 0 Å². The van der Waals surface area contributed by atoms with Gasteiger partial charge in [0.05, 0.1) is 32.0 Å². The predicted molar refractivity (Wildman–Crippen MR) is 126 cm³/mol. The number of esters is 1. The average Bonchev–Trinajstić information content (AvgIpc) is 3.07. The first-order valence-corrected chi connectivity index (χ1v) is 10.4. The van der Waals surface area contributed by atoms with Gasteiger partial charge in [0.25, 0.3) is 5.91 Å². The van der Waals surface area contributed by atoms with Crippen molar-refractivity contribution in [1.29, 1.82) is 0 Å². The summed E-state index contributed by atoms with van der Waals surface area (Å²) in [5.41, 5.74) is 2.25. The summed E-state index contributed by atoms with van der Waals surface area (Å²) in [6.45, 7) is 7.62. The van der Waals surface area contributed by atoms with Crippen LogP contribution in [0.5, 0.6) is 17.2 Å². The number of hydrogen-bond donors (Lipinski definition) is 0. The van der Waals surface area contributed by atoms with Crippen LogP contribution < -0.4 is 19.1 Å². The summed E-state index contributed by atoms with van der Waals surface area (Å²) < 4.78 is 21.5. The van der Waals surface area contributed by atoms with Gasteiger partial charge >= 0.3 is 5.97 Å². The molecule has 7 heteroatoms. The van der Waals surface area contributed by atoms with Crippen LogP contribution in [-0.4, -0.2) is 39.3 Å². The number of allylic oxidation sites excluding steroid dienone is 1. The van der Waals surface area contributed by atoms with Gasteiger partial charge in [0.1, 0.15) is 12.4 Å². The third-order valence-electron chi connectivity index (χ3n) is 5.07. The van der Waals surface area contributed by atoms with Gasteiger partial charge in [-0.25, -0.2) is 4.79 Å². The molecule has 1 heterocycles. The van der Waals surface area contributed by atoms with Crippen molar-refractivity contribution in [3.8, 4) is 17.2 Å². The first kappa shape index (κ1) is 23.7. The molecule has 0 aromatic heterocycles. The van der Waals surface area contributed by atoms with Gasteiger partial charge in [0.2, 0.25) is 0 Å². The van der Waals surface area contributed by atoms with Crippen LogP contribution in [0.1, 0.15) is 19.4 Å². The molecule has 0 spiro atoms. The predicted octanol–water partition coefficient (Wildman–Crippen LogP) is 4.54. The molecule has 2 aromatic carbocycles. The second-order valence-electron chi connectivity index (χ2n) is 7.09. The number of amides is 1. The zero-order chi connectivity index (χ0) is 24.0. The van der Waals surface area contributed by atoms with E-state index in [2.05, 4.69) is 6.58 Å². The molecule has 1 amide bonds. The zero-order valence-electron chi connectivity index (χ0n) is 19.2. The maximum atomic E-state index is 13.5. The van der Waals surface area contributed by atoms with Crippen LogP contribution in [0.3, 0.4) is 0 Å². The number of rotatable bonds is 9. The van der Waals surface area contributed by atoms with Gasteiger partial charge < -0.3 is 18.9 Å². The SMILES string of the molecule is C=CCOc1ccc(/C=C2/C(=O)N(c3ccc(OC)cc3)C(C)=C2C(=O)OCC)cc1OC. The number of ether oxygens (including phenoxy) is 4. The minimum absolute atomic E-state index is 0.197. The highest BCUT2D eigenvalue weighted by Crippen LogP contribution is 2.37. The molecule has 3 rings (SSSR count). The van der Waals surface area contributed by atoms with Crippen LogP contribution in [0.25, 0.3) is 6.08 Å². The summed E-state index contributed by atoms with van der Waals surface area (Å²) in [7, 11) is 3.11. The van der Waals surface area contributed by atoms with Crippen molar-refractivity contribution in [2.75, 3.05) is 32.3 Å². The van der Waals surface area contributed by atoms with Gasteiger partial charge in [-0.05, 0) is 61.9 Å². The fourth-order valence-corrected chi connectivity index (χ4v) is 3.53. The molecule has 0 saturated carbocycles. The number of benzene rings is 2. The summed E-state index contributed by atoms with van der Waals surface area (Å²) in [5.74, 6) is 0.839. The molecule has 0 saturated heterocycles. The number of methoxy groups -OCH3 is 2. The lowest BCUT2D eigenvalue weighted by Crippen LogP contribution is -2.24. The lowest BCUT2D eigenvalue weighted by atomic mass is 10.0. The van der Waals surface area contributed by atoms with Gasteiger partial charge in [-0.1, -0.05) is 18.7 Å². The molecule has 0 aliphatic carbocycles. The first-order chi connectivity index (χ1) is 15.9. The van der Waals surface area contributed by atoms with Crippen molar-refractivity contribution in [2.45, 2.75) is 13.8 Å². The lowest BCUT2D eigenvalue weighted by molar-refractivity contribution is -0.138. The van der Waals surface area contributed by atoms with Crippen LogP contribution in [0.15, 0.2) is 72.0 Å². The highest BCUT2D eigenvalue weighted by atomic mass is 16.5. The quantitative estimate of drug-likeness (QED) is 0.318. The van der Waals surface area contributed by atoms with Gasteiger partial charge in [-0.3, -0.25) is 9.69 Å². The molecule has 7 nitrogen and oxygen atoms in total. The lowest BCUT2D eigenvalue weighted by Gasteiger charge is -2.18. The third-order valence-corrected chi connectivity index (χ3v) is 5.07. The molecule has 33 heavy (non-hydrogen) atoms. The van der Waals surface area contributed by atoms with Crippen molar-refractivity contribution >= 4 is 23.6 Å². The Morgan fingerprint density at radius 2 is 1.79 bits per heavy atom. The molecule has 0 radical (unpaired) electrons. The molecule has 0 fully saturated rings. The van der Waals surface area contributed by atoms with Crippen molar-refractivity contribution < 1.29 is 28.5 Å². The molecule has 0 unspecified atom stereocenters. The van der Waals surface area contributed by atoms with Crippen LogP contribution in [0, 0.1) is 0 Å². The molecule has 0 N–H and O–H groups in total. The monoisotopic (exact) mass is 449 g/mol. The van der Waals surface area contributed by atoms with Gasteiger partial charge in [0, 0.05) is 11.4 Å². The van der Waals surface area contributed by atoms with Gasteiger partial charge in [-0.2, -0.15) is 0 Å². The van der Waals surface area contributed by atoms with Crippen molar-refractivity contribution in [3.63, 3.8) is 0 Å². The molecule has 0 bridgehead atoms. The number of carbonyl (C=O) groups is 2. The van der Waals surface area contributed by atoms with E-state index < -0.39 is 5.97 Å². The molecule has 1 aliphatic heterocycles. The summed E-state index contributed by atoms with van der Waals surface area (Å²) in [5, 5.41) is 0. The molecule has 2 aromatic rings. The Balaban J connectivity index is 2.07. The highest BCUT2D eigenvalue weighted by molar-refractivity contribution is 6.23. The Kier molecular flexibility index (Phi) is 7.56. The summed E-state index contributed by atoms with van der Waals surface area (Å²) >= 11 is 0. The fraction of sp³-hybridized carbons (Fsp3) is 0.231. The van der Waals surface area contributed by atoms with Crippen LogP contribution in [0.4, 0.5) is 5.69 Å². The summed E-state index contributed by atoms with van der Waals surface area (Å²) in [6, 6.07) is 12.3. The number of nitrogens with zero attached hydrogens (tertiary/aromatic N) is 1. The second-order valence-corrected chi connectivity index (χ2v) is 7.09. The Morgan fingerprint density at radius 1 is 1.06 bits per heavy atom. The van der Waals surface area contributed by atoms with E-state index in [-0.39, 0.29) is 23.7 Å². The minimum atomic E-state index is -0.552. The van der Waals surface area contributed by atoms with Crippen molar-refractivity contribution in [2.24, 2.45) is 0 Å².